The summed E-state index contributed by atoms with van der Waals surface area (Å²) in [6.45, 7) is 6.97. The first kappa shape index (κ1) is 16.2. The van der Waals surface area contributed by atoms with Crippen molar-refractivity contribution < 1.29 is 14.3 Å². The Morgan fingerprint density at radius 1 is 1.04 bits per heavy atom. The van der Waals surface area contributed by atoms with Gasteiger partial charge in [0.25, 0.3) is 0 Å². The number of urea groups is 1. The molecule has 0 saturated heterocycles. The first-order valence-electron chi connectivity index (χ1n) is 8.01. The molecule has 2 amide bonds. The quantitative estimate of drug-likeness (QED) is 0.901. The first-order chi connectivity index (χ1) is 11.5. The Kier molecular flexibility index (Phi) is 4.34. The van der Waals surface area contributed by atoms with Gasteiger partial charge in [0.2, 0.25) is 0 Å². The second-order valence-electron chi connectivity index (χ2n) is 6.38. The van der Waals surface area contributed by atoms with Crippen molar-refractivity contribution >= 4 is 11.7 Å². The number of nitrogens with one attached hydrogen (secondary N) is 2. The molecule has 0 radical (unpaired) electrons. The van der Waals surface area contributed by atoms with E-state index >= 15 is 0 Å². The van der Waals surface area contributed by atoms with Crippen LogP contribution in [0.15, 0.2) is 42.5 Å². The van der Waals surface area contributed by atoms with Gasteiger partial charge in [-0.05, 0) is 50.1 Å². The van der Waals surface area contributed by atoms with Gasteiger partial charge in [0.05, 0.1) is 5.54 Å². The maximum absolute atomic E-state index is 12.4. The highest BCUT2D eigenvalue weighted by atomic mass is 16.6. The Morgan fingerprint density at radius 3 is 2.50 bits per heavy atom. The lowest BCUT2D eigenvalue weighted by Gasteiger charge is -2.29. The van der Waals surface area contributed by atoms with Crippen molar-refractivity contribution in [3.63, 3.8) is 0 Å². The summed E-state index contributed by atoms with van der Waals surface area (Å²) in [6, 6.07) is 13.2. The number of fused-ring (bicyclic) bond motifs is 1. The Morgan fingerprint density at radius 2 is 1.75 bits per heavy atom. The van der Waals surface area contributed by atoms with Gasteiger partial charge in [0.1, 0.15) is 13.2 Å². The van der Waals surface area contributed by atoms with Gasteiger partial charge in [-0.1, -0.05) is 24.3 Å². The highest BCUT2D eigenvalue weighted by molar-refractivity contribution is 5.90. The van der Waals surface area contributed by atoms with Crippen molar-refractivity contribution in [1.82, 2.24) is 5.32 Å². The Balaban J connectivity index is 1.73. The molecule has 0 fully saturated rings. The molecule has 0 atom stereocenters. The Bertz CT molecular complexity index is 756. The largest absolute Gasteiger partial charge is 0.486 e. The van der Waals surface area contributed by atoms with Crippen molar-refractivity contribution in [3.05, 3.63) is 53.6 Å². The molecule has 0 spiro atoms. The zero-order valence-electron chi connectivity index (χ0n) is 14.2. The summed E-state index contributed by atoms with van der Waals surface area (Å²) in [7, 11) is 0. The highest BCUT2D eigenvalue weighted by Crippen LogP contribution is 2.34. The second-order valence-corrected chi connectivity index (χ2v) is 6.38. The fraction of sp³-hybridized carbons (Fsp3) is 0.316. The van der Waals surface area contributed by atoms with E-state index in [1.165, 1.54) is 0 Å². The van der Waals surface area contributed by atoms with E-state index in [0.29, 0.717) is 19.0 Å². The average molecular weight is 326 g/mol. The number of rotatable bonds is 3. The lowest BCUT2D eigenvalue weighted by Crippen LogP contribution is -2.43. The zero-order chi connectivity index (χ0) is 17.2. The van der Waals surface area contributed by atoms with Crippen molar-refractivity contribution in [2.24, 2.45) is 0 Å². The van der Waals surface area contributed by atoms with Crippen molar-refractivity contribution in [3.8, 4) is 11.5 Å². The lowest BCUT2D eigenvalue weighted by molar-refractivity contribution is 0.171. The number of aryl methyl sites for hydroxylation is 1. The van der Waals surface area contributed by atoms with Crippen LogP contribution in [0.1, 0.15) is 25.0 Å². The maximum Gasteiger partial charge on any atom is 0.319 e. The first-order valence-corrected chi connectivity index (χ1v) is 8.01. The average Bonchev–Trinajstić information content (AvgIpc) is 2.56. The molecule has 5 nitrogen and oxygen atoms in total. The minimum Gasteiger partial charge on any atom is -0.486 e. The number of para-hydroxylation sites is 1. The van der Waals surface area contributed by atoms with E-state index in [-0.39, 0.29) is 6.03 Å². The number of carbonyl (C=O) groups excluding carboxylic acids is 1. The predicted octanol–water partition coefficient (Wildman–Crippen LogP) is 3.82. The van der Waals surface area contributed by atoms with Crippen LogP contribution in [0.4, 0.5) is 10.5 Å². The molecule has 2 N–H and O–H groups in total. The fourth-order valence-corrected chi connectivity index (χ4v) is 2.65. The van der Waals surface area contributed by atoms with E-state index in [0.717, 1.165) is 22.6 Å². The van der Waals surface area contributed by atoms with Crippen LogP contribution in [-0.2, 0) is 5.54 Å². The molecule has 0 bridgehead atoms. The third kappa shape index (κ3) is 3.45. The van der Waals surface area contributed by atoms with Gasteiger partial charge < -0.3 is 20.1 Å². The van der Waals surface area contributed by atoms with Gasteiger partial charge in [0.15, 0.2) is 11.5 Å². The number of ether oxygens (including phenoxy) is 2. The van der Waals surface area contributed by atoms with Crippen LogP contribution in [0.3, 0.4) is 0 Å². The molecule has 1 aliphatic rings. The van der Waals surface area contributed by atoms with Crippen LogP contribution < -0.4 is 20.1 Å². The van der Waals surface area contributed by atoms with E-state index in [9.17, 15) is 4.79 Å². The van der Waals surface area contributed by atoms with E-state index < -0.39 is 5.54 Å². The fourth-order valence-electron chi connectivity index (χ4n) is 2.65. The van der Waals surface area contributed by atoms with Crippen molar-refractivity contribution in [2.45, 2.75) is 26.3 Å². The smallest absolute Gasteiger partial charge is 0.319 e. The van der Waals surface area contributed by atoms with Crippen LogP contribution in [0.5, 0.6) is 11.5 Å². The van der Waals surface area contributed by atoms with Crippen molar-refractivity contribution in [2.75, 3.05) is 18.5 Å². The number of hydrogen-bond donors (Lipinski definition) is 2. The number of benzene rings is 2. The topological polar surface area (TPSA) is 59.6 Å². The Labute approximate surface area is 142 Å². The van der Waals surface area contributed by atoms with Gasteiger partial charge >= 0.3 is 6.03 Å². The molecule has 2 aromatic carbocycles. The molecular weight excluding hydrogens is 304 g/mol. The van der Waals surface area contributed by atoms with E-state index in [1.807, 2.05) is 63.2 Å². The van der Waals surface area contributed by atoms with Crippen LogP contribution in [0.25, 0.3) is 0 Å². The van der Waals surface area contributed by atoms with Gasteiger partial charge in [-0.3, -0.25) is 0 Å². The zero-order valence-corrected chi connectivity index (χ0v) is 14.2. The summed E-state index contributed by atoms with van der Waals surface area (Å²) in [5, 5.41) is 5.90. The molecule has 0 aromatic heterocycles. The summed E-state index contributed by atoms with van der Waals surface area (Å²) in [6.07, 6.45) is 0. The number of hydrogen-bond acceptors (Lipinski definition) is 3. The molecule has 0 unspecified atom stereocenters. The van der Waals surface area contributed by atoms with Crippen LogP contribution in [-0.4, -0.2) is 19.2 Å². The molecule has 1 aliphatic heterocycles. The summed E-state index contributed by atoms with van der Waals surface area (Å²) in [5.74, 6) is 1.46. The van der Waals surface area contributed by atoms with E-state index in [1.54, 1.807) is 0 Å². The summed E-state index contributed by atoms with van der Waals surface area (Å²) in [5.41, 5.74) is 2.22. The minimum atomic E-state index is -0.553. The van der Waals surface area contributed by atoms with E-state index in [2.05, 4.69) is 10.6 Å². The normalized spacial score (nSPS) is 13.3. The van der Waals surface area contributed by atoms with Gasteiger partial charge in [-0.2, -0.15) is 0 Å². The molecule has 0 aliphatic carbocycles. The molecule has 126 valence electrons. The molecule has 0 saturated carbocycles. The van der Waals surface area contributed by atoms with Gasteiger partial charge in [0, 0.05) is 5.69 Å². The highest BCUT2D eigenvalue weighted by Gasteiger charge is 2.25. The molecule has 2 aromatic rings. The minimum absolute atomic E-state index is 0.246. The standard InChI is InChI=1S/C19H22N2O3/c1-13-6-4-5-7-15(13)20-18(22)21-19(2,3)14-8-9-16-17(12-14)24-11-10-23-16/h4-9,12H,10-11H2,1-3H3,(H2,20,21,22). The number of carbonyl (C=O) groups is 1. The third-order valence-electron chi connectivity index (χ3n) is 4.08. The van der Waals surface area contributed by atoms with Gasteiger partial charge in [-0.25, -0.2) is 4.79 Å². The monoisotopic (exact) mass is 326 g/mol. The number of amides is 2. The van der Waals surface area contributed by atoms with Gasteiger partial charge in [-0.15, -0.1) is 0 Å². The molecule has 5 heteroatoms. The number of anilines is 1. The molecule has 1 heterocycles. The predicted molar refractivity (Wildman–Crippen MR) is 93.8 cm³/mol. The Hall–Kier alpha value is -2.69. The molecule has 3 rings (SSSR count). The van der Waals surface area contributed by atoms with Crippen LogP contribution in [0, 0.1) is 6.92 Å². The summed E-state index contributed by atoms with van der Waals surface area (Å²) < 4.78 is 11.2. The van der Waals surface area contributed by atoms with E-state index in [4.69, 9.17) is 9.47 Å². The SMILES string of the molecule is Cc1ccccc1NC(=O)NC(C)(C)c1ccc2c(c1)OCCO2. The lowest BCUT2D eigenvalue weighted by atomic mass is 9.94. The maximum atomic E-state index is 12.4. The van der Waals surface area contributed by atoms with Crippen molar-refractivity contribution in [1.29, 1.82) is 0 Å². The van der Waals surface area contributed by atoms with Crippen LogP contribution in [0.2, 0.25) is 0 Å². The molecular formula is C19H22N2O3. The summed E-state index contributed by atoms with van der Waals surface area (Å²) in [4.78, 5) is 12.4. The van der Waals surface area contributed by atoms with Crippen LogP contribution >= 0.6 is 0 Å². The summed E-state index contributed by atoms with van der Waals surface area (Å²) >= 11 is 0. The second kappa shape index (κ2) is 6.43. The molecule has 24 heavy (non-hydrogen) atoms. The third-order valence-corrected chi connectivity index (χ3v) is 4.08.